The minimum absolute atomic E-state index is 0.284. The van der Waals surface area contributed by atoms with Gasteiger partial charge >= 0.3 is 0 Å². The number of ether oxygens (including phenoxy) is 1. The molecule has 0 fully saturated rings. The molecule has 0 saturated carbocycles. The Balaban J connectivity index is 3.34. The molecule has 0 aliphatic heterocycles. The molecule has 0 rings (SSSR count). The Morgan fingerprint density at radius 1 is 1.17 bits per heavy atom. The number of unbranched alkanes of at least 4 members (excludes halogenated alkanes) is 2. The molecule has 0 spiro atoms. The molecule has 1 atom stereocenters. The lowest BCUT2D eigenvalue weighted by atomic mass is 10.2. The molecule has 0 aromatic carbocycles. The maximum Gasteiger partial charge on any atom is 0.108 e. The van der Waals surface area contributed by atoms with Crippen molar-refractivity contribution in [2.45, 2.75) is 52.7 Å². The fourth-order valence-electron chi connectivity index (χ4n) is 1.25. The molecular formula is C10H23NO. The Kier molecular flexibility index (Phi) is 8.95. The quantitative estimate of drug-likeness (QED) is 0.450. The van der Waals surface area contributed by atoms with Gasteiger partial charge in [-0.25, -0.2) is 0 Å². The lowest BCUT2D eigenvalue weighted by molar-refractivity contribution is 0.0319. The molecule has 74 valence electrons. The van der Waals surface area contributed by atoms with E-state index in [-0.39, 0.29) is 6.23 Å². The van der Waals surface area contributed by atoms with Crippen molar-refractivity contribution in [2.24, 2.45) is 0 Å². The fraction of sp³-hybridized carbons (Fsp3) is 1.00. The van der Waals surface area contributed by atoms with Gasteiger partial charge in [-0.2, -0.15) is 0 Å². The van der Waals surface area contributed by atoms with Crippen LogP contribution in [-0.2, 0) is 4.74 Å². The third-order valence-electron chi connectivity index (χ3n) is 1.87. The monoisotopic (exact) mass is 173 g/mol. The first-order valence-corrected chi connectivity index (χ1v) is 5.20. The zero-order valence-corrected chi connectivity index (χ0v) is 8.73. The van der Waals surface area contributed by atoms with E-state index in [1.165, 1.54) is 19.3 Å². The van der Waals surface area contributed by atoms with Crippen LogP contribution in [0.3, 0.4) is 0 Å². The second-order valence-electron chi connectivity index (χ2n) is 3.00. The van der Waals surface area contributed by atoms with Gasteiger partial charge in [-0.3, -0.25) is 5.32 Å². The van der Waals surface area contributed by atoms with E-state index < -0.39 is 0 Å². The van der Waals surface area contributed by atoms with Crippen molar-refractivity contribution in [3.8, 4) is 0 Å². The zero-order chi connectivity index (χ0) is 9.23. The molecule has 0 aliphatic rings. The molecule has 0 bridgehead atoms. The van der Waals surface area contributed by atoms with Gasteiger partial charge in [0.15, 0.2) is 0 Å². The van der Waals surface area contributed by atoms with E-state index in [4.69, 9.17) is 4.74 Å². The SMILES string of the molecule is CCCCCC(NCC)OCC. The second kappa shape index (κ2) is 9.01. The van der Waals surface area contributed by atoms with Crippen molar-refractivity contribution in [1.29, 1.82) is 0 Å². The molecule has 2 nitrogen and oxygen atoms in total. The average Bonchev–Trinajstić information content (AvgIpc) is 2.06. The minimum Gasteiger partial charge on any atom is -0.364 e. The number of hydrogen-bond acceptors (Lipinski definition) is 2. The van der Waals surface area contributed by atoms with Gasteiger partial charge in [0.1, 0.15) is 6.23 Å². The van der Waals surface area contributed by atoms with Gasteiger partial charge in [0, 0.05) is 6.61 Å². The summed E-state index contributed by atoms with van der Waals surface area (Å²) in [5, 5.41) is 3.32. The Hall–Kier alpha value is -0.0800. The molecule has 0 aromatic rings. The van der Waals surface area contributed by atoms with E-state index in [2.05, 4.69) is 19.2 Å². The second-order valence-corrected chi connectivity index (χ2v) is 3.00. The molecule has 12 heavy (non-hydrogen) atoms. The van der Waals surface area contributed by atoms with Crippen molar-refractivity contribution in [2.75, 3.05) is 13.2 Å². The molecule has 1 N–H and O–H groups in total. The fourth-order valence-corrected chi connectivity index (χ4v) is 1.25. The summed E-state index contributed by atoms with van der Waals surface area (Å²) in [5.41, 5.74) is 0. The van der Waals surface area contributed by atoms with Gasteiger partial charge < -0.3 is 4.74 Å². The summed E-state index contributed by atoms with van der Waals surface area (Å²) in [6, 6.07) is 0. The van der Waals surface area contributed by atoms with Crippen molar-refractivity contribution in [3.63, 3.8) is 0 Å². The molecular weight excluding hydrogens is 150 g/mol. The standard InChI is InChI=1S/C10H23NO/c1-4-7-8-9-10(11-5-2)12-6-3/h10-11H,4-9H2,1-3H3. The molecule has 0 aliphatic carbocycles. The normalized spacial score (nSPS) is 13.2. The largest absolute Gasteiger partial charge is 0.364 e. The van der Waals surface area contributed by atoms with Gasteiger partial charge in [0.2, 0.25) is 0 Å². The first kappa shape index (κ1) is 11.9. The van der Waals surface area contributed by atoms with E-state index in [9.17, 15) is 0 Å². The lowest BCUT2D eigenvalue weighted by Gasteiger charge is -2.17. The van der Waals surface area contributed by atoms with Crippen LogP contribution in [0.25, 0.3) is 0 Å². The highest BCUT2D eigenvalue weighted by Crippen LogP contribution is 2.04. The number of rotatable bonds is 8. The van der Waals surface area contributed by atoms with Crippen LogP contribution in [-0.4, -0.2) is 19.4 Å². The van der Waals surface area contributed by atoms with E-state index in [1.54, 1.807) is 0 Å². The summed E-state index contributed by atoms with van der Waals surface area (Å²) in [7, 11) is 0. The summed E-state index contributed by atoms with van der Waals surface area (Å²) in [6.45, 7) is 8.19. The lowest BCUT2D eigenvalue weighted by Crippen LogP contribution is -2.31. The first-order chi connectivity index (χ1) is 5.85. The van der Waals surface area contributed by atoms with Crippen LogP contribution < -0.4 is 5.32 Å². The highest BCUT2D eigenvalue weighted by molar-refractivity contribution is 4.54. The van der Waals surface area contributed by atoms with Crippen LogP contribution >= 0.6 is 0 Å². The third-order valence-corrected chi connectivity index (χ3v) is 1.87. The summed E-state index contributed by atoms with van der Waals surface area (Å²) in [6.07, 6.45) is 5.30. The van der Waals surface area contributed by atoms with Crippen LogP contribution in [0.4, 0.5) is 0 Å². The van der Waals surface area contributed by atoms with E-state index in [0.29, 0.717) is 0 Å². The minimum atomic E-state index is 0.284. The number of nitrogens with one attached hydrogen (secondary N) is 1. The molecule has 0 amide bonds. The Labute approximate surface area is 76.7 Å². The molecule has 1 unspecified atom stereocenters. The maximum absolute atomic E-state index is 5.52. The van der Waals surface area contributed by atoms with Gasteiger partial charge in [0.25, 0.3) is 0 Å². The predicted octanol–water partition coefficient (Wildman–Crippen LogP) is 2.54. The molecule has 0 radical (unpaired) electrons. The topological polar surface area (TPSA) is 21.3 Å². The Morgan fingerprint density at radius 3 is 2.42 bits per heavy atom. The van der Waals surface area contributed by atoms with Crippen LogP contribution in [0.15, 0.2) is 0 Å². The van der Waals surface area contributed by atoms with Crippen molar-refractivity contribution in [1.82, 2.24) is 5.32 Å². The molecule has 0 saturated heterocycles. The Morgan fingerprint density at radius 2 is 1.92 bits per heavy atom. The summed E-state index contributed by atoms with van der Waals surface area (Å²) in [4.78, 5) is 0. The zero-order valence-electron chi connectivity index (χ0n) is 8.73. The van der Waals surface area contributed by atoms with Crippen molar-refractivity contribution < 1.29 is 4.74 Å². The van der Waals surface area contributed by atoms with Gasteiger partial charge in [0.05, 0.1) is 0 Å². The number of hydrogen-bond donors (Lipinski definition) is 1. The van der Waals surface area contributed by atoms with E-state index in [1.807, 2.05) is 6.92 Å². The predicted molar refractivity (Wildman–Crippen MR) is 53.2 cm³/mol. The smallest absolute Gasteiger partial charge is 0.108 e. The average molecular weight is 173 g/mol. The van der Waals surface area contributed by atoms with Gasteiger partial charge in [-0.1, -0.05) is 26.7 Å². The summed E-state index contributed by atoms with van der Waals surface area (Å²) >= 11 is 0. The Bertz CT molecular complexity index is 79.9. The first-order valence-electron chi connectivity index (χ1n) is 5.20. The molecule has 2 heteroatoms. The van der Waals surface area contributed by atoms with Gasteiger partial charge in [-0.05, 0) is 26.3 Å². The highest BCUT2D eigenvalue weighted by atomic mass is 16.5. The van der Waals surface area contributed by atoms with Crippen molar-refractivity contribution in [3.05, 3.63) is 0 Å². The highest BCUT2D eigenvalue weighted by Gasteiger charge is 2.04. The van der Waals surface area contributed by atoms with E-state index >= 15 is 0 Å². The van der Waals surface area contributed by atoms with Gasteiger partial charge in [-0.15, -0.1) is 0 Å². The third kappa shape index (κ3) is 6.62. The van der Waals surface area contributed by atoms with Crippen LogP contribution in [0.2, 0.25) is 0 Å². The van der Waals surface area contributed by atoms with Crippen LogP contribution in [0, 0.1) is 0 Å². The maximum atomic E-state index is 5.52. The summed E-state index contributed by atoms with van der Waals surface area (Å²) < 4.78 is 5.52. The van der Waals surface area contributed by atoms with Crippen LogP contribution in [0.1, 0.15) is 46.5 Å². The molecule has 0 aromatic heterocycles. The van der Waals surface area contributed by atoms with E-state index in [0.717, 1.165) is 19.6 Å². The summed E-state index contributed by atoms with van der Waals surface area (Å²) in [5.74, 6) is 0. The molecule has 0 heterocycles. The van der Waals surface area contributed by atoms with Crippen LogP contribution in [0.5, 0.6) is 0 Å². The van der Waals surface area contributed by atoms with Crippen molar-refractivity contribution >= 4 is 0 Å².